The second-order valence-corrected chi connectivity index (χ2v) is 7.46. The molecule has 0 atom stereocenters. The van der Waals surface area contributed by atoms with Crippen molar-refractivity contribution in [2.24, 2.45) is 0 Å². The number of nitrogens with one attached hydrogen (secondary N) is 1. The zero-order valence-electron chi connectivity index (χ0n) is 15.4. The average molecular weight is 450 g/mol. The molecule has 0 unspecified atom stereocenters. The molecular formula is C24H17BrFNO2. The normalized spacial score (nSPS) is 11.8. The minimum absolute atomic E-state index is 0.0239. The number of amides is 1. The van der Waals surface area contributed by atoms with Gasteiger partial charge in [0.2, 0.25) is 0 Å². The van der Waals surface area contributed by atoms with Gasteiger partial charge >= 0.3 is 6.09 Å². The number of ether oxygens (including phenoxy) is 1. The van der Waals surface area contributed by atoms with Crippen molar-refractivity contribution in [3.63, 3.8) is 0 Å². The van der Waals surface area contributed by atoms with Gasteiger partial charge in [-0.2, -0.15) is 0 Å². The summed E-state index contributed by atoms with van der Waals surface area (Å²) in [6, 6.07) is 20.9. The van der Waals surface area contributed by atoms with Gasteiger partial charge in [0.15, 0.2) is 0 Å². The summed E-state index contributed by atoms with van der Waals surface area (Å²) in [5, 5.41) is 2.63. The van der Waals surface area contributed by atoms with Gasteiger partial charge in [-0.1, -0.05) is 60.4 Å². The smallest absolute Gasteiger partial charge is 0.407 e. The molecule has 1 N–H and O–H groups in total. The van der Waals surface area contributed by atoms with Crippen LogP contribution >= 0.6 is 15.9 Å². The molecule has 1 amide bonds. The lowest BCUT2D eigenvalue weighted by Gasteiger charge is -2.14. The van der Waals surface area contributed by atoms with Gasteiger partial charge in [-0.25, -0.2) is 9.18 Å². The predicted octanol–water partition coefficient (Wildman–Crippen LogP) is 5.48. The third-order valence-corrected chi connectivity index (χ3v) is 5.42. The second-order valence-electron chi connectivity index (χ2n) is 6.61. The number of rotatable bonds is 3. The zero-order valence-corrected chi connectivity index (χ0v) is 17.0. The van der Waals surface area contributed by atoms with E-state index in [0.717, 1.165) is 0 Å². The van der Waals surface area contributed by atoms with Crippen LogP contribution in [0.25, 0.3) is 11.1 Å². The summed E-state index contributed by atoms with van der Waals surface area (Å²) >= 11 is 3.12. The van der Waals surface area contributed by atoms with Gasteiger partial charge in [0.05, 0.1) is 11.0 Å². The first kappa shape index (κ1) is 19.2. The quantitative estimate of drug-likeness (QED) is 0.537. The molecular weight excluding hydrogens is 433 g/mol. The highest BCUT2D eigenvalue weighted by Crippen LogP contribution is 2.44. The van der Waals surface area contributed by atoms with Crippen molar-refractivity contribution >= 4 is 22.0 Å². The predicted molar refractivity (Wildman–Crippen MR) is 114 cm³/mol. The molecule has 0 saturated carbocycles. The van der Waals surface area contributed by atoms with Crippen molar-refractivity contribution in [2.75, 3.05) is 13.2 Å². The molecule has 0 radical (unpaired) electrons. The van der Waals surface area contributed by atoms with E-state index in [1.54, 1.807) is 12.1 Å². The van der Waals surface area contributed by atoms with Crippen LogP contribution in [-0.2, 0) is 4.74 Å². The molecule has 29 heavy (non-hydrogen) atoms. The van der Waals surface area contributed by atoms with Gasteiger partial charge in [0.25, 0.3) is 0 Å². The van der Waals surface area contributed by atoms with E-state index in [4.69, 9.17) is 4.74 Å². The molecule has 0 spiro atoms. The molecule has 1 aliphatic carbocycles. The SMILES string of the molecule is O=C(NCC#Cc1ccc(F)c(Br)c1)OCC1c2ccccc2-c2ccccc21. The Hall–Kier alpha value is -3.10. The van der Waals surface area contributed by atoms with Crippen molar-refractivity contribution in [1.82, 2.24) is 5.32 Å². The highest BCUT2D eigenvalue weighted by atomic mass is 79.9. The molecule has 1 aliphatic rings. The summed E-state index contributed by atoms with van der Waals surface area (Å²) in [6.07, 6.45) is -0.513. The maximum Gasteiger partial charge on any atom is 0.407 e. The average Bonchev–Trinajstić information content (AvgIpc) is 3.06. The Morgan fingerprint density at radius 2 is 1.69 bits per heavy atom. The van der Waals surface area contributed by atoms with Crippen LogP contribution in [0.1, 0.15) is 22.6 Å². The molecule has 3 aromatic rings. The van der Waals surface area contributed by atoms with E-state index in [1.807, 2.05) is 24.3 Å². The number of hydrogen-bond acceptors (Lipinski definition) is 2. The van der Waals surface area contributed by atoms with Gasteiger partial charge in [0, 0.05) is 11.5 Å². The Labute approximate surface area is 177 Å². The fraction of sp³-hybridized carbons (Fsp3) is 0.125. The fourth-order valence-electron chi connectivity index (χ4n) is 3.49. The number of alkyl carbamates (subject to hydrolysis) is 1. The van der Waals surface area contributed by atoms with Crippen molar-refractivity contribution < 1.29 is 13.9 Å². The number of halogens is 2. The van der Waals surface area contributed by atoms with E-state index >= 15 is 0 Å². The van der Waals surface area contributed by atoms with Gasteiger partial charge < -0.3 is 10.1 Å². The maximum absolute atomic E-state index is 13.2. The first-order valence-corrected chi connectivity index (χ1v) is 9.95. The molecule has 0 bridgehead atoms. The fourth-order valence-corrected chi connectivity index (χ4v) is 3.86. The summed E-state index contributed by atoms with van der Waals surface area (Å²) < 4.78 is 19.0. The van der Waals surface area contributed by atoms with Crippen LogP contribution in [0.2, 0.25) is 0 Å². The van der Waals surface area contributed by atoms with Crippen LogP contribution in [0.4, 0.5) is 9.18 Å². The lowest BCUT2D eigenvalue weighted by atomic mass is 9.98. The third-order valence-electron chi connectivity index (χ3n) is 4.82. The number of carbonyl (C=O) groups is 1. The standard InChI is InChI=1S/C24H17BrFNO2/c25-22-14-16(11-12-23(22)26)6-5-13-27-24(28)29-15-21-19-9-3-1-7-17(19)18-8-2-4-10-20(18)21/h1-4,7-12,14,21H,13,15H2,(H,27,28). The summed E-state index contributed by atoms with van der Waals surface area (Å²) in [4.78, 5) is 12.1. The van der Waals surface area contributed by atoms with E-state index in [-0.39, 0.29) is 24.9 Å². The Kier molecular flexibility index (Phi) is 5.64. The Balaban J connectivity index is 1.35. The van der Waals surface area contributed by atoms with Crippen LogP contribution in [0.3, 0.4) is 0 Å². The van der Waals surface area contributed by atoms with Gasteiger partial charge in [0.1, 0.15) is 12.4 Å². The monoisotopic (exact) mass is 449 g/mol. The molecule has 0 aromatic heterocycles. The van der Waals surface area contributed by atoms with Crippen molar-refractivity contribution in [2.45, 2.75) is 5.92 Å². The first-order chi connectivity index (χ1) is 14.1. The Bertz CT molecular complexity index is 1090. The van der Waals surface area contributed by atoms with Crippen molar-refractivity contribution in [3.8, 4) is 23.0 Å². The highest BCUT2D eigenvalue weighted by molar-refractivity contribution is 9.10. The minimum Gasteiger partial charge on any atom is -0.449 e. The van der Waals surface area contributed by atoms with Gasteiger partial charge in [-0.3, -0.25) is 0 Å². The molecule has 0 heterocycles. The largest absolute Gasteiger partial charge is 0.449 e. The van der Waals surface area contributed by atoms with Crippen LogP contribution in [0, 0.1) is 17.7 Å². The summed E-state index contributed by atoms with van der Waals surface area (Å²) in [7, 11) is 0. The van der Waals surface area contributed by atoms with Crippen molar-refractivity contribution in [1.29, 1.82) is 0 Å². The lowest BCUT2D eigenvalue weighted by molar-refractivity contribution is 0.144. The van der Waals surface area contributed by atoms with E-state index in [0.29, 0.717) is 10.0 Å². The number of carbonyl (C=O) groups excluding carboxylic acids is 1. The number of benzene rings is 3. The third kappa shape index (κ3) is 4.18. The van der Waals surface area contributed by atoms with Gasteiger partial charge in [-0.05, 0) is 56.4 Å². The second kappa shape index (κ2) is 8.50. The topological polar surface area (TPSA) is 38.3 Å². The molecule has 0 fully saturated rings. The Morgan fingerprint density at radius 3 is 2.34 bits per heavy atom. The highest BCUT2D eigenvalue weighted by Gasteiger charge is 2.28. The molecule has 0 aliphatic heterocycles. The van der Waals surface area contributed by atoms with E-state index in [2.05, 4.69) is 57.4 Å². The molecule has 0 saturated heterocycles. The Morgan fingerprint density at radius 1 is 1.03 bits per heavy atom. The van der Waals surface area contributed by atoms with E-state index in [1.165, 1.54) is 28.3 Å². The first-order valence-electron chi connectivity index (χ1n) is 9.16. The van der Waals surface area contributed by atoms with Gasteiger partial charge in [-0.15, -0.1) is 0 Å². The summed E-state index contributed by atoms with van der Waals surface area (Å²) in [6.45, 7) is 0.407. The summed E-state index contributed by atoms with van der Waals surface area (Å²) in [5.41, 5.74) is 5.38. The molecule has 4 rings (SSSR count). The van der Waals surface area contributed by atoms with Crippen LogP contribution in [0.5, 0.6) is 0 Å². The molecule has 3 aromatic carbocycles. The lowest BCUT2D eigenvalue weighted by Crippen LogP contribution is -2.26. The number of fused-ring (bicyclic) bond motifs is 3. The maximum atomic E-state index is 13.2. The van der Waals surface area contributed by atoms with E-state index < -0.39 is 6.09 Å². The zero-order chi connectivity index (χ0) is 20.2. The summed E-state index contributed by atoms with van der Waals surface area (Å²) in [5.74, 6) is 5.39. The molecule has 144 valence electrons. The minimum atomic E-state index is -0.513. The molecule has 5 heteroatoms. The van der Waals surface area contributed by atoms with Crippen LogP contribution < -0.4 is 5.32 Å². The molecule has 3 nitrogen and oxygen atoms in total. The number of hydrogen-bond donors (Lipinski definition) is 1. The van der Waals surface area contributed by atoms with E-state index in [9.17, 15) is 9.18 Å². The van der Waals surface area contributed by atoms with Crippen molar-refractivity contribution in [3.05, 3.63) is 93.7 Å². The van der Waals surface area contributed by atoms with Crippen LogP contribution in [0.15, 0.2) is 71.2 Å². The van der Waals surface area contributed by atoms with Crippen LogP contribution in [-0.4, -0.2) is 19.2 Å².